The molecule has 2 aromatic rings. The number of piperazine rings is 1. The molecule has 4 rings (SSSR count). The summed E-state index contributed by atoms with van der Waals surface area (Å²) in [5, 5.41) is 2.95. The lowest BCUT2D eigenvalue weighted by atomic mass is 10.0. The lowest BCUT2D eigenvalue weighted by Crippen LogP contribution is -2.52. The molecule has 0 unspecified atom stereocenters. The summed E-state index contributed by atoms with van der Waals surface area (Å²) in [6.07, 6.45) is 1.20. The molecule has 0 spiro atoms. The van der Waals surface area contributed by atoms with E-state index >= 15 is 0 Å². The second-order valence-electron chi connectivity index (χ2n) is 8.17. The van der Waals surface area contributed by atoms with E-state index in [0.717, 1.165) is 22.5 Å². The number of nitrogens with zero attached hydrogens (tertiary/aromatic N) is 2. The molecule has 0 atom stereocenters. The fraction of sp³-hybridized carbons (Fsp3) is 0.391. The minimum absolute atomic E-state index is 0.0712. The van der Waals surface area contributed by atoms with Gasteiger partial charge in [-0.15, -0.1) is 0 Å². The number of hydrogen-bond donors (Lipinski definition) is 1. The molecule has 2 fully saturated rings. The van der Waals surface area contributed by atoms with Crippen LogP contribution in [0.15, 0.2) is 42.5 Å². The second kappa shape index (κ2) is 7.50. The summed E-state index contributed by atoms with van der Waals surface area (Å²) in [6, 6.07) is 12.3. The Morgan fingerprint density at radius 3 is 2.07 bits per heavy atom. The fourth-order valence-corrected chi connectivity index (χ4v) is 4.08. The average molecular weight is 395 g/mol. The lowest BCUT2D eigenvalue weighted by Gasteiger charge is -2.37. The average Bonchev–Trinajstić information content (AvgIpc) is 3.49. The van der Waals surface area contributed by atoms with Crippen LogP contribution >= 0.6 is 0 Å². The topological polar surface area (TPSA) is 52.7 Å². The summed E-state index contributed by atoms with van der Waals surface area (Å²) in [5.41, 5.74) is 2.93. The molecule has 2 aliphatic rings. The first-order valence-electron chi connectivity index (χ1n) is 10.1. The van der Waals surface area contributed by atoms with Crippen molar-refractivity contribution in [2.24, 2.45) is 5.41 Å². The van der Waals surface area contributed by atoms with Crippen LogP contribution in [0, 0.1) is 25.1 Å². The van der Waals surface area contributed by atoms with Crippen molar-refractivity contribution in [2.45, 2.75) is 26.7 Å². The molecule has 1 aliphatic heterocycles. The number of aryl methyl sites for hydroxylation is 2. The van der Waals surface area contributed by atoms with E-state index in [1.165, 1.54) is 12.1 Å². The maximum absolute atomic E-state index is 13.1. The number of halogens is 1. The maximum atomic E-state index is 13.1. The van der Waals surface area contributed by atoms with Gasteiger partial charge in [-0.25, -0.2) is 4.39 Å². The molecule has 1 N–H and O–H groups in total. The van der Waals surface area contributed by atoms with Gasteiger partial charge in [-0.1, -0.05) is 6.07 Å². The highest BCUT2D eigenvalue weighted by Gasteiger charge is 2.58. The lowest BCUT2D eigenvalue weighted by molar-refractivity contribution is -0.142. The summed E-state index contributed by atoms with van der Waals surface area (Å²) in [5.74, 6) is -0.528. The highest BCUT2D eigenvalue weighted by molar-refractivity contribution is 6.13. The van der Waals surface area contributed by atoms with Crippen molar-refractivity contribution in [3.8, 4) is 0 Å². The highest BCUT2D eigenvalue weighted by Crippen LogP contribution is 2.48. The zero-order valence-corrected chi connectivity index (χ0v) is 16.9. The van der Waals surface area contributed by atoms with Gasteiger partial charge < -0.3 is 15.1 Å². The van der Waals surface area contributed by atoms with E-state index in [0.29, 0.717) is 39.0 Å². The van der Waals surface area contributed by atoms with Crippen LogP contribution in [0.1, 0.15) is 24.0 Å². The quantitative estimate of drug-likeness (QED) is 0.806. The van der Waals surface area contributed by atoms with Crippen molar-refractivity contribution in [1.82, 2.24) is 4.90 Å². The summed E-state index contributed by atoms with van der Waals surface area (Å²) in [4.78, 5) is 30.0. The van der Waals surface area contributed by atoms with Crippen LogP contribution < -0.4 is 10.2 Å². The summed E-state index contributed by atoms with van der Waals surface area (Å²) >= 11 is 0. The molecular weight excluding hydrogens is 369 g/mol. The zero-order chi connectivity index (χ0) is 20.6. The first-order valence-corrected chi connectivity index (χ1v) is 10.1. The SMILES string of the molecule is Cc1cc(C)cc(NC(=O)C2(C(=O)N3CCN(c4ccc(F)cc4)CC3)CC2)c1. The fourth-order valence-electron chi connectivity index (χ4n) is 4.08. The number of anilines is 2. The second-order valence-corrected chi connectivity index (χ2v) is 8.17. The number of hydrogen-bond acceptors (Lipinski definition) is 3. The van der Waals surface area contributed by atoms with Gasteiger partial charge in [0.05, 0.1) is 0 Å². The van der Waals surface area contributed by atoms with Crippen molar-refractivity contribution >= 4 is 23.2 Å². The van der Waals surface area contributed by atoms with Crippen LogP contribution in [-0.2, 0) is 9.59 Å². The largest absolute Gasteiger partial charge is 0.368 e. The zero-order valence-electron chi connectivity index (χ0n) is 16.9. The number of carbonyl (C=O) groups is 2. The van der Waals surface area contributed by atoms with Crippen molar-refractivity contribution in [2.75, 3.05) is 36.4 Å². The van der Waals surface area contributed by atoms with Crippen LogP contribution in [0.4, 0.5) is 15.8 Å². The molecule has 2 amide bonds. The van der Waals surface area contributed by atoms with Gasteiger partial charge in [-0.3, -0.25) is 9.59 Å². The molecule has 1 saturated carbocycles. The Morgan fingerprint density at radius 1 is 0.931 bits per heavy atom. The van der Waals surface area contributed by atoms with E-state index in [1.807, 2.05) is 32.0 Å². The molecule has 0 aromatic heterocycles. The normalized spacial score (nSPS) is 17.8. The number of amides is 2. The van der Waals surface area contributed by atoms with E-state index in [-0.39, 0.29) is 17.6 Å². The van der Waals surface area contributed by atoms with Gasteiger partial charge >= 0.3 is 0 Å². The van der Waals surface area contributed by atoms with E-state index in [2.05, 4.69) is 10.2 Å². The smallest absolute Gasteiger partial charge is 0.240 e. The van der Waals surface area contributed by atoms with Crippen LogP contribution in [0.25, 0.3) is 0 Å². The maximum Gasteiger partial charge on any atom is 0.240 e. The minimum Gasteiger partial charge on any atom is -0.368 e. The highest BCUT2D eigenvalue weighted by atomic mass is 19.1. The Kier molecular flexibility index (Phi) is 5.03. The predicted octanol–water partition coefficient (Wildman–Crippen LogP) is 3.51. The predicted molar refractivity (Wildman–Crippen MR) is 111 cm³/mol. The Bertz CT molecular complexity index is 909. The van der Waals surface area contributed by atoms with Gasteiger partial charge in [0, 0.05) is 37.6 Å². The summed E-state index contributed by atoms with van der Waals surface area (Å²) in [6.45, 7) is 6.45. The van der Waals surface area contributed by atoms with Gasteiger partial charge in [0.2, 0.25) is 11.8 Å². The molecule has 6 heteroatoms. The summed E-state index contributed by atoms with van der Waals surface area (Å²) in [7, 11) is 0. The summed E-state index contributed by atoms with van der Waals surface area (Å²) < 4.78 is 13.1. The standard InChI is InChI=1S/C23H26FN3O2/c1-16-13-17(2)15-19(14-16)25-21(28)23(7-8-23)22(29)27-11-9-26(10-12-27)20-5-3-18(24)4-6-20/h3-6,13-15H,7-12H2,1-2H3,(H,25,28). The monoisotopic (exact) mass is 395 g/mol. The molecule has 5 nitrogen and oxygen atoms in total. The third-order valence-electron chi connectivity index (χ3n) is 5.83. The van der Waals surface area contributed by atoms with Crippen molar-refractivity contribution < 1.29 is 14.0 Å². The first kappa shape index (κ1) is 19.4. The van der Waals surface area contributed by atoms with E-state index in [9.17, 15) is 14.0 Å². The van der Waals surface area contributed by atoms with Crippen LogP contribution in [0.2, 0.25) is 0 Å². The molecule has 0 radical (unpaired) electrons. The molecule has 152 valence electrons. The van der Waals surface area contributed by atoms with E-state index in [4.69, 9.17) is 0 Å². The van der Waals surface area contributed by atoms with Crippen LogP contribution in [-0.4, -0.2) is 42.9 Å². The Labute approximate surface area is 170 Å². The molecular formula is C23H26FN3O2. The molecule has 29 heavy (non-hydrogen) atoms. The Morgan fingerprint density at radius 2 is 1.52 bits per heavy atom. The van der Waals surface area contributed by atoms with Crippen molar-refractivity contribution in [3.63, 3.8) is 0 Å². The number of nitrogens with one attached hydrogen (secondary N) is 1. The third-order valence-corrected chi connectivity index (χ3v) is 5.83. The van der Waals surface area contributed by atoms with Gasteiger partial charge in [0.25, 0.3) is 0 Å². The van der Waals surface area contributed by atoms with Gasteiger partial charge in [0.15, 0.2) is 0 Å². The van der Waals surface area contributed by atoms with Gasteiger partial charge in [-0.05, 0) is 74.2 Å². The van der Waals surface area contributed by atoms with Gasteiger partial charge in [0.1, 0.15) is 11.2 Å². The Hall–Kier alpha value is -2.89. The number of rotatable bonds is 4. The molecule has 1 heterocycles. The molecule has 2 aromatic carbocycles. The Balaban J connectivity index is 1.39. The van der Waals surface area contributed by atoms with Crippen LogP contribution in [0.3, 0.4) is 0 Å². The first-order chi connectivity index (χ1) is 13.9. The van der Waals surface area contributed by atoms with Crippen molar-refractivity contribution in [1.29, 1.82) is 0 Å². The van der Waals surface area contributed by atoms with Crippen molar-refractivity contribution in [3.05, 3.63) is 59.4 Å². The molecule has 1 saturated heterocycles. The van der Waals surface area contributed by atoms with E-state index in [1.54, 1.807) is 17.0 Å². The van der Waals surface area contributed by atoms with Gasteiger partial charge in [-0.2, -0.15) is 0 Å². The third kappa shape index (κ3) is 3.97. The van der Waals surface area contributed by atoms with E-state index < -0.39 is 5.41 Å². The minimum atomic E-state index is -0.921. The van der Waals surface area contributed by atoms with Crippen LogP contribution in [0.5, 0.6) is 0 Å². The molecule has 1 aliphatic carbocycles. The molecule has 0 bridgehead atoms. The number of benzene rings is 2. The number of carbonyl (C=O) groups excluding carboxylic acids is 2.